The number of carbonyl (C=O) groups excluding carboxylic acids is 1. The second kappa shape index (κ2) is 9.18. The smallest absolute Gasteiger partial charge is 0.248 e. The number of aryl methyl sites for hydroxylation is 1. The summed E-state index contributed by atoms with van der Waals surface area (Å²) in [6, 6.07) is 15.6. The van der Waals surface area contributed by atoms with Crippen LogP contribution in [0.1, 0.15) is 11.1 Å². The highest BCUT2D eigenvalue weighted by atomic mass is 16.5. The summed E-state index contributed by atoms with van der Waals surface area (Å²) in [4.78, 5) is 21.9. The predicted molar refractivity (Wildman–Crippen MR) is 127 cm³/mol. The fourth-order valence-electron chi connectivity index (χ4n) is 3.72. The fourth-order valence-corrected chi connectivity index (χ4v) is 3.72. The van der Waals surface area contributed by atoms with Crippen LogP contribution in [0.15, 0.2) is 54.6 Å². The number of fused-ring (bicyclic) bond motifs is 1. The van der Waals surface area contributed by atoms with Gasteiger partial charge in [-0.15, -0.1) is 0 Å². The number of pyridine rings is 1. The van der Waals surface area contributed by atoms with Gasteiger partial charge in [0.2, 0.25) is 5.91 Å². The monoisotopic (exact) mass is 416 g/mol. The molecule has 1 aliphatic rings. The van der Waals surface area contributed by atoms with Crippen LogP contribution in [0.2, 0.25) is 0 Å². The molecule has 1 amide bonds. The summed E-state index contributed by atoms with van der Waals surface area (Å²) < 4.78 is 5.15. The Labute approximate surface area is 183 Å². The maximum absolute atomic E-state index is 12.4. The molecule has 0 radical (unpaired) electrons. The highest BCUT2D eigenvalue weighted by Gasteiger charge is 2.16. The molecule has 160 valence electrons. The van der Waals surface area contributed by atoms with E-state index in [2.05, 4.69) is 35.2 Å². The molecule has 4 rings (SSSR count). The van der Waals surface area contributed by atoms with Gasteiger partial charge in [-0.05, 0) is 67.6 Å². The van der Waals surface area contributed by atoms with Crippen LogP contribution in [0, 0.1) is 6.92 Å². The number of rotatable bonds is 5. The molecule has 0 aliphatic carbocycles. The minimum absolute atomic E-state index is 0.171. The first kappa shape index (κ1) is 20.9. The number of nitrogens with zero attached hydrogens (tertiary/aromatic N) is 3. The molecule has 3 aromatic rings. The number of nitrogens with one attached hydrogen (secondary N) is 1. The molecule has 0 atom stereocenters. The predicted octanol–water partition coefficient (Wildman–Crippen LogP) is 3.96. The van der Waals surface area contributed by atoms with Gasteiger partial charge in [-0.2, -0.15) is 0 Å². The first-order valence-corrected chi connectivity index (χ1v) is 10.5. The molecule has 31 heavy (non-hydrogen) atoms. The summed E-state index contributed by atoms with van der Waals surface area (Å²) in [6.45, 7) is 6.17. The second-order valence-electron chi connectivity index (χ2n) is 7.92. The third-order valence-corrected chi connectivity index (χ3v) is 5.64. The van der Waals surface area contributed by atoms with Gasteiger partial charge in [-0.3, -0.25) is 4.79 Å². The van der Waals surface area contributed by atoms with Crippen LogP contribution >= 0.6 is 0 Å². The molecule has 1 aliphatic heterocycles. The average molecular weight is 417 g/mol. The number of aromatic nitrogens is 1. The van der Waals surface area contributed by atoms with Gasteiger partial charge in [-0.25, -0.2) is 4.98 Å². The Morgan fingerprint density at radius 3 is 2.52 bits per heavy atom. The van der Waals surface area contributed by atoms with Crippen LogP contribution in [-0.4, -0.2) is 56.1 Å². The van der Waals surface area contributed by atoms with Crippen molar-refractivity contribution in [2.75, 3.05) is 50.6 Å². The molecular formula is C25H28N4O2. The minimum atomic E-state index is -0.171. The molecule has 0 bridgehead atoms. The fraction of sp³-hybridized carbons (Fsp3) is 0.280. The molecule has 1 N–H and O–H groups in total. The van der Waals surface area contributed by atoms with Gasteiger partial charge in [0.25, 0.3) is 0 Å². The third-order valence-electron chi connectivity index (χ3n) is 5.64. The lowest BCUT2D eigenvalue weighted by molar-refractivity contribution is -0.111. The SMILES string of the molecule is COc1ccc(/C=C/C(=O)Nc2ccc3nc(N4CCN(C)CC4)cc(C)c3c2)cc1. The lowest BCUT2D eigenvalue weighted by atomic mass is 10.1. The van der Waals surface area contributed by atoms with Crippen LogP contribution < -0.4 is 15.0 Å². The zero-order valence-corrected chi connectivity index (χ0v) is 18.3. The topological polar surface area (TPSA) is 57.7 Å². The number of benzene rings is 2. The molecular weight excluding hydrogens is 388 g/mol. The Bertz CT molecular complexity index is 1100. The van der Waals surface area contributed by atoms with Crippen molar-refractivity contribution in [3.8, 4) is 5.75 Å². The molecule has 2 aromatic carbocycles. The lowest BCUT2D eigenvalue weighted by Crippen LogP contribution is -2.44. The van der Waals surface area contributed by atoms with E-state index in [9.17, 15) is 4.79 Å². The summed E-state index contributed by atoms with van der Waals surface area (Å²) in [5.41, 5.74) is 3.80. The highest BCUT2D eigenvalue weighted by Crippen LogP contribution is 2.26. The molecule has 0 saturated carbocycles. The van der Waals surface area contributed by atoms with Gasteiger partial charge in [-0.1, -0.05) is 12.1 Å². The number of amides is 1. The van der Waals surface area contributed by atoms with Crippen molar-refractivity contribution >= 4 is 34.4 Å². The maximum Gasteiger partial charge on any atom is 0.248 e. The van der Waals surface area contributed by atoms with Gasteiger partial charge in [0.15, 0.2) is 0 Å². The van der Waals surface area contributed by atoms with Crippen LogP contribution in [0.5, 0.6) is 5.75 Å². The number of piperazine rings is 1. The number of anilines is 2. The van der Waals surface area contributed by atoms with Gasteiger partial charge >= 0.3 is 0 Å². The molecule has 6 heteroatoms. The summed E-state index contributed by atoms with van der Waals surface area (Å²) >= 11 is 0. The molecule has 0 unspecified atom stereocenters. The minimum Gasteiger partial charge on any atom is -0.497 e. The van der Waals surface area contributed by atoms with E-state index in [-0.39, 0.29) is 5.91 Å². The summed E-state index contributed by atoms with van der Waals surface area (Å²) in [7, 11) is 3.78. The number of likely N-dealkylation sites (N-methyl/N-ethyl adjacent to an activating group) is 1. The van der Waals surface area contributed by atoms with E-state index >= 15 is 0 Å². The number of ether oxygens (including phenoxy) is 1. The van der Waals surface area contributed by atoms with E-state index in [0.29, 0.717) is 0 Å². The van der Waals surface area contributed by atoms with Crippen molar-refractivity contribution in [2.24, 2.45) is 0 Å². The lowest BCUT2D eigenvalue weighted by Gasteiger charge is -2.33. The van der Waals surface area contributed by atoms with E-state index in [0.717, 1.165) is 65.5 Å². The Kier molecular flexibility index (Phi) is 6.18. The van der Waals surface area contributed by atoms with Crippen LogP contribution in [0.4, 0.5) is 11.5 Å². The van der Waals surface area contributed by atoms with Gasteiger partial charge < -0.3 is 19.9 Å². The molecule has 1 fully saturated rings. The summed E-state index contributed by atoms with van der Waals surface area (Å²) in [5, 5.41) is 3.99. The number of hydrogen-bond donors (Lipinski definition) is 1. The average Bonchev–Trinajstić information content (AvgIpc) is 2.79. The largest absolute Gasteiger partial charge is 0.497 e. The molecule has 6 nitrogen and oxygen atoms in total. The zero-order chi connectivity index (χ0) is 21.8. The van der Waals surface area contributed by atoms with E-state index in [1.54, 1.807) is 13.2 Å². The second-order valence-corrected chi connectivity index (χ2v) is 7.92. The van der Waals surface area contributed by atoms with Crippen molar-refractivity contribution in [1.82, 2.24) is 9.88 Å². The first-order valence-electron chi connectivity index (χ1n) is 10.5. The normalized spacial score (nSPS) is 14.9. The highest BCUT2D eigenvalue weighted by molar-refractivity contribution is 6.03. The van der Waals surface area contributed by atoms with Crippen LogP contribution in [-0.2, 0) is 4.79 Å². The molecule has 2 heterocycles. The quantitative estimate of drug-likeness (QED) is 0.638. The van der Waals surface area contributed by atoms with E-state index in [4.69, 9.17) is 9.72 Å². The van der Waals surface area contributed by atoms with Gasteiger partial charge in [0, 0.05) is 43.3 Å². The number of hydrogen-bond acceptors (Lipinski definition) is 5. The number of methoxy groups -OCH3 is 1. The Morgan fingerprint density at radius 1 is 1.06 bits per heavy atom. The standard InChI is InChI=1S/C25H28N4O2/c1-18-16-24(29-14-12-28(2)13-15-29)27-23-10-7-20(17-22(18)23)26-25(30)11-6-19-4-8-21(31-3)9-5-19/h4-11,16-17H,12-15H2,1-3H3,(H,26,30)/b11-6+. The van der Waals surface area contributed by atoms with E-state index in [1.807, 2.05) is 42.5 Å². The molecule has 1 aromatic heterocycles. The van der Waals surface area contributed by atoms with Crippen molar-refractivity contribution < 1.29 is 9.53 Å². The summed E-state index contributed by atoms with van der Waals surface area (Å²) in [5.74, 6) is 1.64. The summed E-state index contributed by atoms with van der Waals surface area (Å²) in [6.07, 6.45) is 3.32. The maximum atomic E-state index is 12.4. The van der Waals surface area contributed by atoms with Crippen molar-refractivity contribution in [2.45, 2.75) is 6.92 Å². The van der Waals surface area contributed by atoms with Gasteiger partial charge in [0.05, 0.1) is 12.6 Å². The Morgan fingerprint density at radius 2 is 1.81 bits per heavy atom. The van der Waals surface area contributed by atoms with E-state index < -0.39 is 0 Å². The third kappa shape index (κ3) is 5.03. The Hall–Kier alpha value is -3.38. The Balaban J connectivity index is 1.47. The van der Waals surface area contributed by atoms with Crippen molar-refractivity contribution in [3.05, 3.63) is 65.7 Å². The first-order chi connectivity index (χ1) is 15.0. The van der Waals surface area contributed by atoms with E-state index in [1.165, 1.54) is 6.08 Å². The zero-order valence-electron chi connectivity index (χ0n) is 18.3. The van der Waals surface area contributed by atoms with Crippen molar-refractivity contribution in [1.29, 1.82) is 0 Å². The van der Waals surface area contributed by atoms with Crippen LogP contribution in [0.3, 0.4) is 0 Å². The van der Waals surface area contributed by atoms with Crippen LogP contribution in [0.25, 0.3) is 17.0 Å². The molecule has 0 spiro atoms. The number of carbonyl (C=O) groups is 1. The van der Waals surface area contributed by atoms with Crippen molar-refractivity contribution in [3.63, 3.8) is 0 Å². The van der Waals surface area contributed by atoms with Gasteiger partial charge in [0.1, 0.15) is 11.6 Å². The molecule has 1 saturated heterocycles.